The molecule has 1 atom stereocenters. The van der Waals surface area contributed by atoms with Crippen LogP contribution < -0.4 is 9.47 Å². The van der Waals surface area contributed by atoms with E-state index in [0.717, 1.165) is 36.6 Å². The minimum atomic E-state index is -0.0442. The summed E-state index contributed by atoms with van der Waals surface area (Å²) in [5, 5.41) is 9.89. The maximum atomic E-state index is 12.8. The Labute approximate surface area is 196 Å². The predicted octanol–water partition coefficient (Wildman–Crippen LogP) is 4.77. The van der Waals surface area contributed by atoms with Crippen molar-refractivity contribution in [2.75, 3.05) is 26.6 Å². The van der Waals surface area contributed by atoms with E-state index in [1.807, 2.05) is 28.8 Å². The molecule has 168 valence electrons. The molecule has 1 unspecified atom stereocenters. The molecule has 32 heavy (non-hydrogen) atoms. The van der Waals surface area contributed by atoms with Gasteiger partial charge in [-0.05, 0) is 55.3 Å². The minimum Gasteiger partial charge on any atom is -0.497 e. The zero-order chi connectivity index (χ0) is 22.5. The van der Waals surface area contributed by atoms with Crippen LogP contribution in [-0.4, -0.2) is 53.2 Å². The standard InChI is InChI=1S/C23H24ClN3O4S/c1-29-17-8-5-15(6-9-17)22-25-26-23(27(22)13-18-4-3-11-31-18)32-14-20(28)16-7-10-21(30-2)19(24)12-16/h5-10,12,18H,3-4,11,13-14H2,1-2H3. The maximum Gasteiger partial charge on any atom is 0.192 e. The van der Waals surface area contributed by atoms with E-state index in [4.69, 9.17) is 25.8 Å². The van der Waals surface area contributed by atoms with Gasteiger partial charge in [0.05, 0.1) is 37.6 Å². The average Bonchev–Trinajstić information content (AvgIpc) is 3.48. The number of carbonyl (C=O) groups excluding carboxylic acids is 1. The fourth-order valence-electron chi connectivity index (χ4n) is 3.56. The zero-order valence-electron chi connectivity index (χ0n) is 17.9. The normalized spacial score (nSPS) is 15.7. The Hall–Kier alpha value is -2.55. The van der Waals surface area contributed by atoms with Gasteiger partial charge in [0.15, 0.2) is 16.8 Å². The van der Waals surface area contributed by atoms with Crippen molar-refractivity contribution in [2.24, 2.45) is 0 Å². The van der Waals surface area contributed by atoms with Crippen LogP contribution in [-0.2, 0) is 11.3 Å². The number of benzene rings is 2. The summed E-state index contributed by atoms with van der Waals surface area (Å²) in [6, 6.07) is 12.7. The summed E-state index contributed by atoms with van der Waals surface area (Å²) in [6.45, 7) is 1.41. The highest BCUT2D eigenvalue weighted by Gasteiger charge is 2.22. The van der Waals surface area contributed by atoms with Crippen LogP contribution >= 0.6 is 23.4 Å². The Bertz CT molecular complexity index is 1080. The van der Waals surface area contributed by atoms with Crippen LogP contribution in [0.2, 0.25) is 5.02 Å². The van der Waals surface area contributed by atoms with Crippen LogP contribution in [0.25, 0.3) is 11.4 Å². The van der Waals surface area contributed by atoms with Gasteiger partial charge < -0.3 is 14.2 Å². The van der Waals surface area contributed by atoms with E-state index >= 15 is 0 Å². The molecule has 0 aliphatic carbocycles. The molecule has 2 aromatic carbocycles. The van der Waals surface area contributed by atoms with E-state index in [-0.39, 0.29) is 17.6 Å². The van der Waals surface area contributed by atoms with Crippen LogP contribution in [0.4, 0.5) is 0 Å². The van der Waals surface area contributed by atoms with Gasteiger partial charge in [0.1, 0.15) is 11.5 Å². The number of nitrogens with zero attached hydrogens (tertiary/aromatic N) is 3. The number of ketones is 1. The Morgan fingerprint density at radius 1 is 1.19 bits per heavy atom. The zero-order valence-corrected chi connectivity index (χ0v) is 19.5. The molecular weight excluding hydrogens is 450 g/mol. The number of rotatable bonds is 9. The molecule has 2 heterocycles. The van der Waals surface area contributed by atoms with Crippen molar-refractivity contribution in [2.45, 2.75) is 30.6 Å². The highest BCUT2D eigenvalue weighted by atomic mass is 35.5. The molecule has 0 spiro atoms. The maximum absolute atomic E-state index is 12.8. The molecule has 0 amide bonds. The van der Waals surface area contributed by atoms with Crippen LogP contribution in [0.15, 0.2) is 47.6 Å². The lowest BCUT2D eigenvalue weighted by atomic mass is 10.1. The summed E-state index contributed by atoms with van der Waals surface area (Å²) >= 11 is 7.53. The molecule has 0 saturated carbocycles. The molecule has 1 aliphatic heterocycles. The molecule has 1 fully saturated rings. The van der Waals surface area contributed by atoms with E-state index in [2.05, 4.69) is 10.2 Å². The highest BCUT2D eigenvalue weighted by molar-refractivity contribution is 7.99. The van der Waals surface area contributed by atoms with Crippen molar-refractivity contribution in [3.05, 3.63) is 53.1 Å². The first-order valence-electron chi connectivity index (χ1n) is 10.3. The van der Waals surface area contributed by atoms with Crippen molar-refractivity contribution in [1.82, 2.24) is 14.8 Å². The van der Waals surface area contributed by atoms with Gasteiger partial charge in [-0.1, -0.05) is 23.4 Å². The highest BCUT2D eigenvalue weighted by Crippen LogP contribution is 2.29. The summed E-state index contributed by atoms with van der Waals surface area (Å²) in [5.41, 5.74) is 1.46. The fraction of sp³-hybridized carbons (Fsp3) is 0.348. The first kappa shape index (κ1) is 22.6. The molecule has 1 saturated heterocycles. The van der Waals surface area contributed by atoms with Crippen LogP contribution in [0.3, 0.4) is 0 Å². The Morgan fingerprint density at radius 3 is 2.66 bits per heavy atom. The van der Waals surface area contributed by atoms with E-state index in [9.17, 15) is 4.79 Å². The number of thioether (sulfide) groups is 1. The van der Waals surface area contributed by atoms with E-state index in [1.54, 1.807) is 32.4 Å². The lowest BCUT2D eigenvalue weighted by Gasteiger charge is -2.15. The lowest BCUT2D eigenvalue weighted by molar-refractivity contribution is 0.0953. The largest absolute Gasteiger partial charge is 0.497 e. The van der Waals surface area contributed by atoms with Gasteiger partial charge in [-0.3, -0.25) is 9.36 Å². The minimum absolute atomic E-state index is 0.0442. The second-order valence-corrected chi connectivity index (χ2v) is 8.69. The number of hydrogen-bond donors (Lipinski definition) is 0. The second kappa shape index (κ2) is 10.4. The van der Waals surface area contributed by atoms with Gasteiger partial charge >= 0.3 is 0 Å². The first-order valence-corrected chi connectivity index (χ1v) is 11.6. The van der Waals surface area contributed by atoms with Crippen molar-refractivity contribution in [3.8, 4) is 22.9 Å². The van der Waals surface area contributed by atoms with Crippen molar-refractivity contribution >= 4 is 29.1 Å². The van der Waals surface area contributed by atoms with Crippen molar-refractivity contribution < 1.29 is 19.0 Å². The molecule has 4 rings (SSSR count). The summed E-state index contributed by atoms with van der Waals surface area (Å²) in [7, 11) is 3.18. The molecule has 3 aromatic rings. The molecule has 9 heteroatoms. The molecule has 0 bridgehead atoms. The topological polar surface area (TPSA) is 75.5 Å². The number of Topliss-reactive ketones (excluding diaryl/α,β-unsaturated/α-hetero) is 1. The number of aromatic nitrogens is 3. The van der Waals surface area contributed by atoms with Gasteiger partial charge in [-0.25, -0.2) is 0 Å². The van der Waals surface area contributed by atoms with Gasteiger partial charge in [-0.15, -0.1) is 10.2 Å². The molecule has 1 aromatic heterocycles. The summed E-state index contributed by atoms with van der Waals surface area (Å²) in [6.07, 6.45) is 2.15. The molecule has 7 nitrogen and oxygen atoms in total. The van der Waals surface area contributed by atoms with Crippen LogP contribution in [0.5, 0.6) is 11.5 Å². The van der Waals surface area contributed by atoms with Crippen molar-refractivity contribution in [1.29, 1.82) is 0 Å². The quantitative estimate of drug-likeness (QED) is 0.327. The molecule has 1 aliphatic rings. The lowest BCUT2D eigenvalue weighted by Crippen LogP contribution is -2.17. The van der Waals surface area contributed by atoms with Gasteiger partial charge in [0.25, 0.3) is 0 Å². The molecule has 0 N–H and O–H groups in total. The second-order valence-electron chi connectivity index (χ2n) is 7.34. The molecule has 0 radical (unpaired) electrons. The Balaban J connectivity index is 1.55. The van der Waals surface area contributed by atoms with Gasteiger partial charge in [-0.2, -0.15) is 0 Å². The first-order chi connectivity index (χ1) is 15.6. The van der Waals surface area contributed by atoms with Crippen molar-refractivity contribution in [3.63, 3.8) is 0 Å². The Morgan fingerprint density at radius 2 is 2.00 bits per heavy atom. The van der Waals surface area contributed by atoms with E-state index in [0.29, 0.717) is 28.0 Å². The number of methoxy groups -OCH3 is 2. The van der Waals surface area contributed by atoms with Crippen LogP contribution in [0.1, 0.15) is 23.2 Å². The van der Waals surface area contributed by atoms with E-state index in [1.165, 1.54) is 11.8 Å². The third-order valence-electron chi connectivity index (χ3n) is 5.28. The third kappa shape index (κ3) is 5.09. The number of hydrogen-bond acceptors (Lipinski definition) is 7. The summed E-state index contributed by atoms with van der Waals surface area (Å²) in [4.78, 5) is 12.8. The number of ether oxygens (including phenoxy) is 3. The monoisotopic (exact) mass is 473 g/mol. The Kier molecular flexibility index (Phi) is 7.34. The van der Waals surface area contributed by atoms with Gasteiger partial charge in [0.2, 0.25) is 0 Å². The van der Waals surface area contributed by atoms with E-state index < -0.39 is 0 Å². The van der Waals surface area contributed by atoms with Crippen LogP contribution in [0, 0.1) is 0 Å². The molecular formula is C23H24ClN3O4S. The summed E-state index contributed by atoms with van der Waals surface area (Å²) in [5.74, 6) is 2.23. The average molecular weight is 474 g/mol. The van der Waals surface area contributed by atoms with Gasteiger partial charge in [0, 0.05) is 17.7 Å². The predicted molar refractivity (Wildman–Crippen MR) is 124 cm³/mol. The smallest absolute Gasteiger partial charge is 0.192 e. The summed E-state index contributed by atoms with van der Waals surface area (Å²) < 4.78 is 18.3. The SMILES string of the molecule is COc1ccc(-c2nnc(SCC(=O)c3ccc(OC)c(Cl)c3)n2CC2CCCO2)cc1. The number of halogens is 1. The fourth-order valence-corrected chi connectivity index (χ4v) is 4.66. The number of carbonyl (C=O) groups is 1. The third-order valence-corrected chi connectivity index (χ3v) is 6.54.